The molecule has 1 saturated heterocycles. The summed E-state index contributed by atoms with van der Waals surface area (Å²) in [6, 6.07) is 5.40. The fourth-order valence-electron chi connectivity index (χ4n) is 3.83. The molecule has 5 rings (SSSR count). The summed E-state index contributed by atoms with van der Waals surface area (Å²) in [5.74, 6) is 3.30. The van der Waals surface area contributed by atoms with E-state index in [1.165, 1.54) is 0 Å². The van der Waals surface area contributed by atoms with Gasteiger partial charge < -0.3 is 24.2 Å². The largest absolute Gasteiger partial charge is 0.481 e. The first kappa shape index (κ1) is 20.7. The highest BCUT2D eigenvalue weighted by Crippen LogP contribution is 2.37. The van der Waals surface area contributed by atoms with Crippen LogP contribution in [-0.2, 0) is 0 Å². The molecule has 0 spiro atoms. The maximum absolute atomic E-state index is 5.71. The topological polar surface area (TPSA) is 140 Å². The lowest BCUT2D eigenvalue weighted by atomic mass is 10.1. The molecule has 0 radical (unpaired) electrons. The Balaban J connectivity index is 1.44. The van der Waals surface area contributed by atoms with Gasteiger partial charge in [-0.1, -0.05) is 5.16 Å². The van der Waals surface area contributed by atoms with Crippen LogP contribution in [-0.4, -0.2) is 56.1 Å². The van der Waals surface area contributed by atoms with E-state index in [2.05, 4.69) is 40.5 Å². The molecule has 0 amide bonds. The second kappa shape index (κ2) is 8.73. The average Bonchev–Trinajstić information content (AvgIpc) is 3.59. The van der Waals surface area contributed by atoms with Crippen molar-refractivity contribution in [3.63, 3.8) is 0 Å². The Morgan fingerprint density at radius 2 is 1.97 bits per heavy atom. The summed E-state index contributed by atoms with van der Waals surface area (Å²) in [4.78, 5) is 19.9. The molecule has 12 nitrogen and oxygen atoms in total. The number of nitrogens with one attached hydrogen (secondary N) is 2. The summed E-state index contributed by atoms with van der Waals surface area (Å²) in [7, 11) is 3.12. The fourth-order valence-corrected chi connectivity index (χ4v) is 3.83. The fraction of sp³-hybridized carbons (Fsp3) is 0.333. The number of hydrogen-bond acceptors (Lipinski definition) is 11. The summed E-state index contributed by atoms with van der Waals surface area (Å²) in [5, 5.41) is 14.5. The molecule has 5 heterocycles. The number of rotatable bonds is 7. The summed E-state index contributed by atoms with van der Waals surface area (Å²) in [5.41, 5.74) is 2.03. The molecular formula is C21H23N9O3. The van der Waals surface area contributed by atoms with Crippen LogP contribution in [0, 0.1) is 6.92 Å². The minimum absolute atomic E-state index is 0.0819. The monoisotopic (exact) mass is 449 g/mol. The Labute approximate surface area is 189 Å². The van der Waals surface area contributed by atoms with Gasteiger partial charge in [0, 0.05) is 42.8 Å². The van der Waals surface area contributed by atoms with Gasteiger partial charge in [-0.05, 0) is 19.8 Å². The van der Waals surface area contributed by atoms with Gasteiger partial charge in [0.1, 0.15) is 11.5 Å². The number of aryl methyl sites for hydroxylation is 1. The second-order valence-electron chi connectivity index (χ2n) is 7.54. The van der Waals surface area contributed by atoms with E-state index < -0.39 is 0 Å². The number of methoxy groups -OCH3 is 2. The molecule has 1 unspecified atom stereocenters. The van der Waals surface area contributed by atoms with Gasteiger partial charge in [0.05, 0.1) is 20.3 Å². The van der Waals surface area contributed by atoms with Crippen LogP contribution in [0.1, 0.15) is 30.3 Å². The van der Waals surface area contributed by atoms with Crippen LogP contribution in [0.4, 0.5) is 17.6 Å². The molecule has 1 aliphatic rings. The summed E-state index contributed by atoms with van der Waals surface area (Å²) >= 11 is 0. The van der Waals surface area contributed by atoms with Crippen molar-refractivity contribution in [1.82, 2.24) is 35.3 Å². The normalized spacial score (nSPS) is 15.6. The van der Waals surface area contributed by atoms with Crippen LogP contribution < -0.4 is 19.7 Å². The van der Waals surface area contributed by atoms with Crippen LogP contribution in [0.3, 0.4) is 0 Å². The highest BCUT2D eigenvalue weighted by atomic mass is 16.5. The minimum Gasteiger partial charge on any atom is -0.481 e. The number of nitrogens with zero attached hydrogens (tertiary/aromatic N) is 7. The van der Waals surface area contributed by atoms with E-state index in [-0.39, 0.29) is 6.04 Å². The first-order valence-corrected chi connectivity index (χ1v) is 10.5. The quantitative estimate of drug-likeness (QED) is 0.430. The summed E-state index contributed by atoms with van der Waals surface area (Å²) in [6.45, 7) is 2.70. The van der Waals surface area contributed by atoms with E-state index in [1.807, 2.05) is 19.1 Å². The van der Waals surface area contributed by atoms with Crippen molar-refractivity contribution in [3.8, 4) is 23.1 Å². The van der Waals surface area contributed by atoms with Crippen molar-refractivity contribution in [2.75, 3.05) is 31.0 Å². The summed E-state index contributed by atoms with van der Waals surface area (Å²) in [6.07, 6.45) is 4.98. The Bertz CT molecular complexity index is 1260. The van der Waals surface area contributed by atoms with Crippen LogP contribution in [0.5, 0.6) is 11.8 Å². The average molecular weight is 449 g/mol. The first-order valence-electron chi connectivity index (χ1n) is 10.5. The Hall–Kier alpha value is -4.22. The van der Waals surface area contributed by atoms with Crippen LogP contribution in [0.25, 0.3) is 11.4 Å². The van der Waals surface area contributed by atoms with Crippen LogP contribution >= 0.6 is 0 Å². The van der Waals surface area contributed by atoms with Crippen molar-refractivity contribution in [1.29, 1.82) is 0 Å². The van der Waals surface area contributed by atoms with Crippen LogP contribution in [0.15, 0.2) is 35.1 Å². The third-order valence-corrected chi connectivity index (χ3v) is 5.33. The molecule has 1 aliphatic heterocycles. The van der Waals surface area contributed by atoms with Gasteiger partial charge >= 0.3 is 0 Å². The van der Waals surface area contributed by atoms with Crippen molar-refractivity contribution < 1.29 is 14.0 Å². The molecule has 0 aliphatic carbocycles. The number of hydrogen-bond donors (Lipinski definition) is 2. The maximum atomic E-state index is 5.71. The number of H-pyrrole nitrogens is 1. The maximum Gasteiger partial charge on any atom is 0.242 e. The van der Waals surface area contributed by atoms with Crippen molar-refractivity contribution in [2.24, 2.45) is 0 Å². The molecule has 4 aromatic heterocycles. The molecule has 1 fully saturated rings. The molecule has 33 heavy (non-hydrogen) atoms. The SMILES string of the molecule is COc1cc(Nc2cc(C)[nH]n2)nc(N2CCCC2c2cc(-c3nccnc3OC)no2)n1. The van der Waals surface area contributed by atoms with Gasteiger partial charge in [-0.3, -0.25) is 5.10 Å². The zero-order chi connectivity index (χ0) is 22.8. The lowest BCUT2D eigenvalue weighted by Crippen LogP contribution is -2.24. The Kier molecular flexibility index (Phi) is 5.47. The Morgan fingerprint density at radius 1 is 1.09 bits per heavy atom. The zero-order valence-electron chi connectivity index (χ0n) is 18.4. The zero-order valence-corrected chi connectivity index (χ0v) is 18.4. The highest BCUT2D eigenvalue weighted by Gasteiger charge is 2.32. The molecule has 170 valence electrons. The predicted molar refractivity (Wildman–Crippen MR) is 119 cm³/mol. The molecule has 2 N–H and O–H groups in total. The van der Waals surface area contributed by atoms with E-state index in [9.17, 15) is 0 Å². The van der Waals surface area contributed by atoms with Crippen molar-refractivity contribution >= 4 is 17.6 Å². The molecule has 0 aromatic carbocycles. The second-order valence-corrected chi connectivity index (χ2v) is 7.54. The smallest absolute Gasteiger partial charge is 0.242 e. The first-order chi connectivity index (χ1) is 16.1. The minimum atomic E-state index is -0.0819. The molecule has 0 bridgehead atoms. The van der Waals surface area contributed by atoms with E-state index >= 15 is 0 Å². The number of aromatic nitrogens is 7. The summed E-state index contributed by atoms with van der Waals surface area (Å²) < 4.78 is 16.4. The van der Waals surface area contributed by atoms with Gasteiger partial charge in [0.2, 0.25) is 17.7 Å². The van der Waals surface area contributed by atoms with E-state index in [1.54, 1.807) is 32.7 Å². The Morgan fingerprint density at radius 3 is 2.76 bits per heavy atom. The van der Waals surface area contributed by atoms with E-state index in [0.717, 1.165) is 25.1 Å². The molecule has 4 aromatic rings. The lowest BCUT2D eigenvalue weighted by molar-refractivity contribution is 0.360. The molecule has 0 saturated carbocycles. The van der Waals surface area contributed by atoms with E-state index in [0.29, 0.717) is 46.5 Å². The van der Waals surface area contributed by atoms with Crippen LogP contribution in [0.2, 0.25) is 0 Å². The van der Waals surface area contributed by atoms with Gasteiger partial charge in [0.25, 0.3) is 0 Å². The standard InChI is InChI=1S/C21H23N9O3/c1-12-9-17(28-27-12)24-16-11-18(31-2)26-21(25-16)30-8-4-5-14(30)15-10-13(29-33-15)19-20(32-3)23-7-6-22-19/h6-7,9-11,14H,4-5,8H2,1-3H3,(H2,24,25,26,27,28). The lowest BCUT2D eigenvalue weighted by Gasteiger charge is -2.23. The number of aromatic amines is 1. The predicted octanol–water partition coefficient (Wildman–Crippen LogP) is 3.06. The van der Waals surface area contributed by atoms with Gasteiger partial charge in [-0.2, -0.15) is 15.1 Å². The van der Waals surface area contributed by atoms with Crippen molar-refractivity contribution in [2.45, 2.75) is 25.8 Å². The van der Waals surface area contributed by atoms with Crippen molar-refractivity contribution in [3.05, 3.63) is 42.0 Å². The number of ether oxygens (including phenoxy) is 2. The van der Waals surface area contributed by atoms with Gasteiger partial charge in [-0.25, -0.2) is 9.97 Å². The van der Waals surface area contributed by atoms with Gasteiger partial charge in [0.15, 0.2) is 17.3 Å². The third kappa shape index (κ3) is 4.14. The molecule has 12 heteroatoms. The number of anilines is 3. The molecule has 1 atom stereocenters. The third-order valence-electron chi connectivity index (χ3n) is 5.33. The van der Waals surface area contributed by atoms with E-state index in [4.69, 9.17) is 19.0 Å². The molecular weight excluding hydrogens is 426 g/mol. The van der Waals surface area contributed by atoms with Gasteiger partial charge in [-0.15, -0.1) is 0 Å². The highest BCUT2D eigenvalue weighted by molar-refractivity contribution is 5.60.